The fourth-order valence-corrected chi connectivity index (χ4v) is 6.11. The molecule has 2 N–H and O–H groups in total. The molecule has 0 aromatic heterocycles. The first-order chi connectivity index (χ1) is 8.47. The number of hydrogen-bond acceptors (Lipinski definition) is 5. The summed E-state index contributed by atoms with van der Waals surface area (Å²) in [6, 6.07) is 0. The highest BCUT2D eigenvalue weighted by atomic mass is 32.2. The normalized spacial score (nSPS) is 29.6. The Balaban J connectivity index is 2.10. The maximum absolute atomic E-state index is 11.9. The first-order valence-electron chi connectivity index (χ1n) is 6.68. The van der Waals surface area contributed by atoms with E-state index < -0.39 is 9.84 Å². The SMILES string of the molecule is CS(=O)(=O)C1CSCCN1CC1(CN)CCCC1. The quantitative estimate of drug-likeness (QED) is 0.835. The number of rotatable bonds is 4. The van der Waals surface area contributed by atoms with E-state index in [-0.39, 0.29) is 10.8 Å². The molecule has 6 heteroatoms. The van der Waals surface area contributed by atoms with Gasteiger partial charge in [-0.15, -0.1) is 0 Å². The van der Waals surface area contributed by atoms with E-state index in [4.69, 9.17) is 5.73 Å². The van der Waals surface area contributed by atoms with Gasteiger partial charge in [0.1, 0.15) is 5.37 Å². The lowest BCUT2D eigenvalue weighted by atomic mass is 9.85. The van der Waals surface area contributed by atoms with Gasteiger partial charge in [0.25, 0.3) is 0 Å². The number of hydrogen-bond donors (Lipinski definition) is 1. The Morgan fingerprint density at radius 1 is 1.39 bits per heavy atom. The Morgan fingerprint density at radius 3 is 2.61 bits per heavy atom. The van der Waals surface area contributed by atoms with E-state index in [9.17, 15) is 8.42 Å². The van der Waals surface area contributed by atoms with Crippen LogP contribution in [0.3, 0.4) is 0 Å². The smallest absolute Gasteiger partial charge is 0.164 e. The monoisotopic (exact) mass is 292 g/mol. The van der Waals surface area contributed by atoms with Gasteiger partial charge in [-0.2, -0.15) is 11.8 Å². The lowest BCUT2D eigenvalue weighted by molar-refractivity contribution is 0.155. The van der Waals surface area contributed by atoms with Gasteiger partial charge in [0, 0.05) is 30.9 Å². The number of sulfone groups is 1. The molecular weight excluding hydrogens is 268 g/mol. The Bertz CT molecular complexity index is 378. The molecule has 1 aliphatic carbocycles. The lowest BCUT2D eigenvalue weighted by Gasteiger charge is -2.40. The van der Waals surface area contributed by atoms with E-state index in [1.54, 1.807) is 11.8 Å². The molecule has 2 fully saturated rings. The molecule has 4 nitrogen and oxygen atoms in total. The second-order valence-electron chi connectivity index (χ2n) is 5.74. The van der Waals surface area contributed by atoms with E-state index in [1.807, 2.05) is 0 Å². The molecule has 2 rings (SSSR count). The first kappa shape index (κ1) is 14.6. The average molecular weight is 292 g/mol. The van der Waals surface area contributed by atoms with Crippen molar-refractivity contribution in [2.45, 2.75) is 31.1 Å². The van der Waals surface area contributed by atoms with Crippen molar-refractivity contribution >= 4 is 21.6 Å². The minimum atomic E-state index is -2.99. The Hall–Kier alpha value is 0.220. The van der Waals surface area contributed by atoms with Gasteiger partial charge in [-0.3, -0.25) is 4.90 Å². The highest BCUT2D eigenvalue weighted by molar-refractivity contribution is 8.00. The summed E-state index contributed by atoms with van der Waals surface area (Å²) >= 11 is 1.75. The highest BCUT2D eigenvalue weighted by Crippen LogP contribution is 2.39. The Labute approximate surface area is 115 Å². The van der Waals surface area contributed by atoms with E-state index in [0.29, 0.717) is 12.3 Å². The van der Waals surface area contributed by atoms with Crippen LogP contribution in [0.2, 0.25) is 0 Å². The standard InChI is InChI=1S/C12H24N2O2S2/c1-18(15,16)11-8-17-7-6-14(11)10-12(9-13)4-2-3-5-12/h11H,2-10,13H2,1H3. The van der Waals surface area contributed by atoms with Crippen LogP contribution in [0.15, 0.2) is 0 Å². The highest BCUT2D eigenvalue weighted by Gasteiger charge is 2.39. The van der Waals surface area contributed by atoms with Gasteiger partial charge in [-0.25, -0.2) is 8.42 Å². The molecule has 1 unspecified atom stereocenters. The van der Waals surface area contributed by atoms with Crippen LogP contribution in [0.4, 0.5) is 0 Å². The minimum absolute atomic E-state index is 0.172. The molecule has 1 aliphatic heterocycles. The van der Waals surface area contributed by atoms with E-state index in [0.717, 1.165) is 31.7 Å². The van der Waals surface area contributed by atoms with Crippen LogP contribution in [-0.2, 0) is 9.84 Å². The molecule has 1 heterocycles. The largest absolute Gasteiger partial charge is 0.330 e. The molecule has 0 spiro atoms. The lowest BCUT2D eigenvalue weighted by Crippen LogP contribution is -2.52. The molecule has 106 valence electrons. The van der Waals surface area contributed by atoms with Gasteiger partial charge in [0.05, 0.1) is 0 Å². The summed E-state index contributed by atoms with van der Waals surface area (Å²) in [4.78, 5) is 2.17. The van der Waals surface area contributed by atoms with Crippen LogP contribution in [-0.4, -0.2) is 56.1 Å². The number of nitrogens with zero attached hydrogens (tertiary/aromatic N) is 1. The summed E-state index contributed by atoms with van der Waals surface area (Å²) < 4.78 is 23.8. The summed E-state index contributed by atoms with van der Waals surface area (Å²) in [5, 5.41) is -0.305. The van der Waals surface area contributed by atoms with Crippen molar-refractivity contribution in [3.63, 3.8) is 0 Å². The fraction of sp³-hybridized carbons (Fsp3) is 1.00. The van der Waals surface area contributed by atoms with Crippen LogP contribution in [0, 0.1) is 5.41 Å². The van der Waals surface area contributed by atoms with Crippen molar-refractivity contribution < 1.29 is 8.42 Å². The summed E-state index contributed by atoms with van der Waals surface area (Å²) in [5.74, 6) is 1.74. The minimum Gasteiger partial charge on any atom is -0.330 e. The van der Waals surface area contributed by atoms with Gasteiger partial charge in [0.2, 0.25) is 0 Å². The molecule has 2 aliphatic rings. The Morgan fingerprint density at radius 2 is 2.06 bits per heavy atom. The molecule has 1 atom stereocenters. The van der Waals surface area contributed by atoms with Crippen molar-refractivity contribution in [2.75, 3.05) is 37.4 Å². The zero-order chi connectivity index (χ0) is 13.2. The van der Waals surface area contributed by atoms with Crippen molar-refractivity contribution in [1.29, 1.82) is 0 Å². The third kappa shape index (κ3) is 3.21. The van der Waals surface area contributed by atoms with E-state index >= 15 is 0 Å². The summed E-state index contributed by atoms with van der Waals surface area (Å²) in [5.41, 5.74) is 6.13. The second kappa shape index (κ2) is 5.69. The molecule has 1 saturated heterocycles. The van der Waals surface area contributed by atoms with E-state index in [1.165, 1.54) is 19.1 Å². The molecule has 0 aromatic rings. The van der Waals surface area contributed by atoms with Gasteiger partial charge < -0.3 is 5.73 Å². The van der Waals surface area contributed by atoms with Crippen molar-refractivity contribution in [3.05, 3.63) is 0 Å². The number of nitrogens with two attached hydrogens (primary N) is 1. The number of thioether (sulfide) groups is 1. The Kier molecular flexibility index (Phi) is 4.62. The maximum atomic E-state index is 11.9. The van der Waals surface area contributed by atoms with Gasteiger partial charge in [-0.1, -0.05) is 12.8 Å². The zero-order valence-corrected chi connectivity index (χ0v) is 12.7. The van der Waals surface area contributed by atoms with Crippen molar-refractivity contribution in [1.82, 2.24) is 4.90 Å². The van der Waals surface area contributed by atoms with Gasteiger partial charge >= 0.3 is 0 Å². The molecule has 0 amide bonds. The zero-order valence-electron chi connectivity index (χ0n) is 11.1. The van der Waals surface area contributed by atoms with Gasteiger partial charge in [0.15, 0.2) is 9.84 Å². The first-order valence-corrected chi connectivity index (χ1v) is 9.79. The molecule has 0 radical (unpaired) electrons. The van der Waals surface area contributed by atoms with Crippen LogP contribution < -0.4 is 5.73 Å². The fourth-order valence-electron chi connectivity index (χ4n) is 3.17. The average Bonchev–Trinajstić information content (AvgIpc) is 2.78. The molecule has 18 heavy (non-hydrogen) atoms. The third-order valence-electron chi connectivity index (χ3n) is 4.32. The second-order valence-corrected chi connectivity index (χ2v) is 9.09. The predicted octanol–water partition coefficient (Wildman–Crippen LogP) is 0.925. The topological polar surface area (TPSA) is 63.4 Å². The summed E-state index contributed by atoms with van der Waals surface area (Å²) in [6.45, 7) is 2.43. The summed E-state index contributed by atoms with van der Waals surface area (Å²) in [6.07, 6.45) is 6.15. The molecular formula is C12H24N2O2S2. The molecule has 1 saturated carbocycles. The van der Waals surface area contributed by atoms with Crippen LogP contribution in [0.1, 0.15) is 25.7 Å². The molecule has 0 bridgehead atoms. The van der Waals surface area contributed by atoms with Crippen LogP contribution in [0.25, 0.3) is 0 Å². The van der Waals surface area contributed by atoms with E-state index in [2.05, 4.69) is 4.90 Å². The van der Waals surface area contributed by atoms with Crippen LogP contribution >= 0.6 is 11.8 Å². The van der Waals surface area contributed by atoms with Crippen molar-refractivity contribution in [2.24, 2.45) is 11.1 Å². The van der Waals surface area contributed by atoms with Gasteiger partial charge in [-0.05, 0) is 24.8 Å². The van der Waals surface area contributed by atoms with Crippen LogP contribution in [0.5, 0.6) is 0 Å². The maximum Gasteiger partial charge on any atom is 0.164 e. The van der Waals surface area contributed by atoms with Crippen molar-refractivity contribution in [3.8, 4) is 0 Å². The molecule has 0 aromatic carbocycles. The predicted molar refractivity (Wildman–Crippen MR) is 77.5 cm³/mol. The summed E-state index contributed by atoms with van der Waals surface area (Å²) in [7, 11) is -2.99. The third-order valence-corrected chi connectivity index (χ3v) is 7.01.